The molecule has 0 atom stereocenters. The number of rotatable bonds is 7. The lowest BCUT2D eigenvalue weighted by atomic mass is 10.2. The maximum absolute atomic E-state index is 12.9. The highest BCUT2D eigenvalue weighted by molar-refractivity contribution is 5.76. The normalized spacial score (nSPS) is 11.6. The molecular formula is C19H22F3N3O2. The van der Waals surface area contributed by atoms with E-state index in [1.807, 2.05) is 49.3 Å². The van der Waals surface area contributed by atoms with Crippen molar-refractivity contribution in [3.8, 4) is 0 Å². The number of carbonyl (C=O) groups is 1. The molecular weight excluding hydrogens is 359 g/mol. The Labute approximate surface area is 155 Å². The van der Waals surface area contributed by atoms with Crippen LogP contribution in [0.1, 0.15) is 11.1 Å². The fourth-order valence-corrected chi connectivity index (χ4v) is 2.54. The molecule has 0 aliphatic heterocycles. The number of aromatic nitrogens is 1. The van der Waals surface area contributed by atoms with Gasteiger partial charge in [0, 0.05) is 25.8 Å². The van der Waals surface area contributed by atoms with E-state index in [1.165, 1.54) is 6.20 Å². The number of halogens is 3. The first-order valence-corrected chi connectivity index (χ1v) is 8.41. The van der Waals surface area contributed by atoms with E-state index in [9.17, 15) is 22.8 Å². The second-order valence-electron chi connectivity index (χ2n) is 6.46. The molecule has 0 bridgehead atoms. The zero-order valence-corrected chi connectivity index (χ0v) is 15.2. The van der Waals surface area contributed by atoms with Crippen molar-refractivity contribution in [1.29, 1.82) is 0 Å². The van der Waals surface area contributed by atoms with Gasteiger partial charge in [-0.15, -0.1) is 0 Å². The Morgan fingerprint density at radius 2 is 1.70 bits per heavy atom. The molecule has 0 fully saturated rings. The van der Waals surface area contributed by atoms with Crippen LogP contribution < -0.4 is 5.56 Å². The smallest absolute Gasteiger partial charge is 0.336 e. The highest BCUT2D eigenvalue weighted by Gasteiger charge is 2.34. The number of pyridine rings is 1. The van der Waals surface area contributed by atoms with Crippen LogP contribution in [0.2, 0.25) is 0 Å². The van der Waals surface area contributed by atoms with Gasteiger partial charge in [0.2, 0.25) is 5.91 Å². The molecule has 0 radical (unpaired) electrons. The van der Waals surface area contributed by atoms with Crippen molar-refractivity contribution < 1.29 is 18.0 Å². The standard InChI is InChI=1S/C19H22F3N3O2/c1-23(2)11-12-24(13-15-7-4-3-5-8-15)17(26)14-25-10-6-9-16(18(25)27)19(20,21)22/h3-10H,11-14H2,1-2H3. The Morgan fingerprint density at radius 3 is 2.30 bits per heavy atom. The maximum atomic E-state index is 12.9. The molecule has 0 spiro atoms. The second-order valence-corrected chi connectivity index (χ2v) is 6.46. The summed E-state index contributed by atoms with van der Waals surface area (Å²) >= 11 is 0. The van der Waals surface area contributed by atoms with Gasteiger partial charge in [-0.3, -0.25) is 9.59 Å². The number of alkyl halides is 3. The Bertz CT molecular complexity index is 817. The van der Waals surface area contributed by atoms with Crippen LogP contribution in [0.25, 0.3) is 0 Å². The third-order valence-corrected chi connectivity index (χ3v) is 4.02. The molecule has 0 N–H and O–H groups in total. The number of nitrogens with zero attached hydrogens (tertiary/aromatic N) is 3. The molecule has 27 heavy (non-hydrogen) atoms. The second kappa shape index (κ2) is 8.85. The molecule has 2 rings (SSSR count). The van der Waals surface area contributed by atoms with Gasteiger partial charge in [0.15, 0.2) is 0 Å². The summed E-state index contributed by atoms with van der Waals surface area (Å²) in [6.07, 6.45) is -3.56. The van der Waals surface area contributed by atoms with E-state index in [0.717, 1.165) is 22.3 Å². The minimum atomic E-state index is -4.75. The average molecular weight is 381 g/mol. The molecule has 1 amide bonds. The lowest BCUT2D eigenvalue weighted by Gasteiger charge is -2.25. The summed E-state index contributed by atoms with van der Waals surface area (Å²) in [5.74, 6) is -0.415. The van der Waals surface area contributed by atoms with Crippen LogP contribution in [0.15, 0.2) is 53.5 Å². The molecule has 0 aliphatic rings. The van der Waals surface area contributed by atoms with Crippen molar-refractivity contribution in [2.24, 2.45) is 0 Å². The average Bonchev–Trinajstić information content (AvgIpc) is 2.60. The van der Waals surface area contributed by atoms with Crippen LogP contribution in [0.4, 0.5) is 13.2 Å². The van der Waals surface area contributed by atoms with Crippen LogP contribution in [0.3, 0.4) is 0 Å². The largest absolute Gasteiger partial charge is 0.421 e. The molecule has 0 aliphatic carbocycles. The highest BCUT2D eigenvalue weighted by atomic mass is 19.4. The molecule has 0 saturated heterocycles. The summed E-state index contributed by atoms with van der Waals surface area (Å²) in [5, 5.41) is 0. The number of hydrogen-bond acceptors (Lipinski definition) is 3. The summed E-state index contributed by atoms with van der Waals surface area (Å²) in [7, 11) is 3.73. The fraction of sp³-hybridized carbons (Fsp3) is 0.368. The van der Waals surface area contributed by atoms with Crippen LogP contribution in [0, 0.1) is 0 Å². The first-order chi connectivity index (χ1) is 12.7. The monoisotopic (exact) mass is 381 g/mol. The maximum Gasteiger partial charge on any atom is 0.421 e. The van der Waals surface area contributed by atoms with Gasteiger partial charge in [-0.05, 0) is 31.8 Å². The Kier molecular flexibility index (Phi) is 6.79. The third kappa shape index (κ3) is 5.96. The Hall–Kier alpha value is -2.61. The van der Waals surface area contributed by atoms with Gasteiger partial charge in [0.1, 0.15) is 12.1 Å². The molecule has 0 unspecified atom stereocenters. The fourth-order valence-electron chi connectivity index (χ4n) is 2.54. The zero-order valence-electron chi connectivity index (χ0n) is 15.2. The lowest BCUT2D eigenvalue weighted by molar-refractivity contribution is -0.139. The predicted molar refractivity (Wildman–Crippen MR) is 96.1 cm³/mol. The summed E-state index contributed by atoms with van der Waals surface area (Å²) < 4.78 is 39.5. The van der Waals surface area contributed by atoms with Crippen LogP contribution in [-0.4, -0.2) is 47.5 Å². The van der Waals surface area contributed by atoms with Crippen molar-refractivity contribution in [3.63, 3.8) is 0 Å². The Balaban J connectivity index is 2.21. The quantitative estimate of drug-likeness (QED) is 0.740. The van der Waals surface area contributed by atoms with Gasteiger partial charge in [-0.25, -0.2) is 0 Å². The topological polar surface area (TPSA) is 45.5 Å². The molecule has 146 valence electrons. The molecule has 1 aromatic heterocycles. The van der Waals surface area contributed by atoms with Gasteiger partial charge < -0.3 is 14.4 Å². The van der Waals surface area contributed by atoms with Crippen LogP contribution in [-0.2, 0) is 24.1 Å². The molecule has 1 heterocycles. The van der Waals surface area contributed by atoms with Gasteiger partial charge in [0.25, 0.3) is 5.56 Å². The van der Waals surface area contributed by atoms with Gasteiger partial charge in [-0.2, -0.15) is 13.2 Å². The van der Waals surface area contributed by atoms with Crippen molar-refractivity contribution in [2.45, 2.75) is 19.3 Å². The number of likely N-dealkylation sites (N-methyl/N-ethyl adjacent to an activating group) is 1. The number of benzene rings is 1. The van der Waals surface area contributed by atoms with Crippen LogP contribution >= 0.6 is 0 Å². The SMILES string of the molecule is CN(C)CCN(Cc1ccccc1)C(=O)Cn1cccc(C(F)(F)F)c1=O. The third-order valence-electron chi connectivity index (χ3n) is 4.02. The van der Waals surface area contributed by atoms with E-state index in [0.29, 0.717) is 19.6 Å². The molecule has 0 saturated carbocycles. The van der Waals surface area contributed by atoms with Crippen molar-refractivity contribution >= 4 is 5.91 Å². The van der Waals surface area contributed by atoms with E-state index < -0.39 is 29.8 Å². The van der Waals surface area contributed by atoms with E-state index in [-0.39, 0.29) is 0 Å². The first-order valence-electron chi connectivity index (χ1n) is 8.41. The molecule has 5 nitrogen and oxygen atoms in total. The van der Waals surface area contributed by atoms with E-state index in [1.54, 1.807) is 4.90 Å². The number of carbonyl (C=O) groups excluding carboxylic acids is 1. The van der Waals surface area contributed by atoms with Crippen molar-refractivity contribution in [1.82, 2.24) is 14.4 Å². The van der Waals surface area contributed by atoms with Gasteiger partial charge in [-0.1, -0.05) is 30.3 Å². The van der Waals surface area contributed by atoms with E-state index in [4.69, 9.17) is 0 Å². The Morgan fingerprint density at radius 1 is 1.04 bits per heavy atom. The van der Waals surface area contributed by atoms with Gasteiger partial charge in [0.05, 0.1) is 0 Å². The highest BCUT2D eigenvalue weighted by Crippen LogP contribution is 2.25. The first kappa shape index (κ1) is 20.7. The zero-order chi connectivity index (χ0) is 20.0. The van der Waals surface area contributed by atoms with Crippen molar-refractivity contribution in [2.75, 3.05) is 27.2 Å². The van der Waals surface area contributed by atoms with Gasteiger partial charge >= 0.3 is 6.18 Å². The minimum Gasteiger partial charge on any atom is -0.336 e. The molecule has 1 aromatic carbocycles. The summed E-state index contributed by atoms with van der Waals surface area (Å²) in [5.41, 5.74) is -1.59. The predicted octanol–water partition coefficient (Wildman–Crippen LogP) is 2.46. The van der Waals surface area contributed by atoms with E-state index >= 15 is 0 Å². The molecule has 2 aromatic rings. The van der Waals surface area contributed by atoms with Crippen molar-refractivity contribution in [3.05, 3.63) is 70.1 Å². The summed E-state index contributed by atoms with van der Waals surface area (Å²) in [6, 6.07) is 11.1. The number of amides is 1. The lowest BCUT2D eigenvalue weighted by Crippen LogP contribution is -2.40. The summed E-state index contributed by atoms with van der Waals surface area (Å²) in [6.45, 7) is 0.870. The number of hydrogen-bond donors (Lipinski definition) is 0. The minimum absolute atomic E-state index is 0.321. The molecule has 8 heteroatoms. The van der Waals surface area contributed by atoms with Crippen LogP contribution in [0.5, 0.6) is 0 Å². The van der Waals surface area contributed by atoms with E-state index in [2.05, 4.69) is 0 Å². The summed E-state index contributed by atoms with van der Waals surface area (Å²) in [4.78, 5) is 28.2.